The molecule has 0 radical (unpaired) electrons. The van der Waals surface area contributed by atoms with Crippen molar-refractivity contribution in [2.75, 3.05) is 12.4 Å². The SMILES string of the molecule is COC(=O)Nc1ccc(CNC(=O)c2cn(-c3ccccc3)nc2-c2cccc(C)c2)cc1. The van der Waals surface area contributed by atoms with Gasteiger partial charge in [0.1, 0.15) is 5.69 Å². The Bertz CT molecular complexity index is 1260. The maximum absolute atomic E-state index is 13.2. The second-order valence-electron chi connectivity index (χ2n) is 7.54. The van der Waals surface area contributed by atoms with Crippen LogP contribution in [0.1, 0.15) is 21.5 Å². The molecule has 0 atom stereocenters. The van der Waals surface area contributed by atoms with Gasteiger partial charge >= 0.3 is 6.09 Å². The highest BCUT2D eigenvalue weighted by Gasteiger charge is 2.18. The molecule has 0 aliphatic heterocycles. The van der Waals surface area contributed by atoms with E-state index in [1.807, 2.05) is 73.7 Å². The Morgan fingerprint density at radius 1 is 0.970 bits per heavy atom. The van der Waals surface area contributed by atoms with E-state index in [-0.39, 0.29) is 5.91 Å². The average Bonchev–Trinajstić information content (AvgIpc) is 3.30. The summed E-state index contributed by atoms with van der Waals surface area (Å²) < 4.78 is 6.31. The summed E-state index contributed by atoms with van der Waals surface area (Å²) in [5.41, 5.74) is 5.47. The summed E-state index contributed by atoms with van der Waals surface area (Å²) in [6.45, 7) is 2.34. The van der Waals surface area contributed by atoms with Gasteiger partial charge < -0.3 is 10.1 Å². The zero-order chi connectivity index (χ0) is 23.2. The first-order chi connectivity index (χ1) is 16.0. The number of amides is 2. The number of aromatic nitrogens is 2. The number of nitrogens with one attached hydrogen (secondary N) is 2. The Morgan fingerprint density at radius 3 is 2.42 bits per heavy atom. The molecule has 0 unspecified atom stereocenters. The number of anilines is 1. The second-order valence-corrected chi connectivity index (χ2v) is 7.54. The van der Waals surface area contributed by atoms with Crippen LogP contribution < -0.4 is 10.6 Å². The number of carbonyl (C=O) groups excluding carboxylic acids is 2. The van der Waals surface area contributed by atoms with Gasteiger partial charge in [-0.05, 0) is 42.8 Å². The Morgan fingerprint density at radius 2 is 1.73 bits per heavy atom. The number of aryl methyl sites for hydroxylation is 1. The van der Waals surface area contributed by atoms with E-state index in [2.05, 4.69) is 15.4 Å². The summed E-state index contributed by atoms with van der Waals surface area (Å²) in [5.74, 6) is -0.217. The Kier molecular flexibility index (Phi) is 6.50. The highest BCUT2D eigenvalue weighted by molar-refractivity contribution is 6.00. The molecule has 0 fully saturated rings. The van der Waals surface area contributed by atoms with Crippen LogP contribution in [0.15, 0.2) is 85.1 Å². The van der Waals surface area contributed by atoms with Crippen LogP contribution in [0.25, 0.3) is 16.9 Å². The quantitative estimate of drug-likeness (QED) is 0.444. The molecule has 7 nitrogen and oxygen atoms in total. The van der Waals surface area contributed by atoms with E-state index in [9.17, 15) is 9.59 Å². The number of hydrogen-bond acceptors (Lipinski definition) is 4. The lowest BCUT2D eigenvalue weighted by Crippen LogP contribution is -2.23. The number of methoxy groups -OCH3 is 1. The zero-order valence-electron chi connectivity index (χ0n) is 18.4. The summed E-state index contributed by atoms with van der Waals surface area (Å²) in [6.07, 6.45) is 1.22. The molecule has 0 spiro atoms. The van der Waals surface area contributed by atoms with E-state index in [0.29, 0.717) is 23.5 Å². The van der Waals surface area contributed by atoms with Crippen molar-refractivity contribution < 1.29 is 14.3 Å². The van der Waals surface area contributed by atoms with E-state index in [4.69, 9.17) is 5.10 Å². The molecule has 0 saturated heterocycles. The summed E-state index contributed by atoms with van der Waals surface area (Å²) in [6, 6.07) is 24.8. The third-order valence-corrected chi connectivity index (χ3v) is 5.11. The molecule has 1 heterocycles. The molecule has 7 heteroatoms. The van der Waals surface area contributed by atoms with Gasteiger partial charge in [0.15, 0.2) is 0 Å². The first-order valence-electron chi connectivity index (χ1n) is 10.5. The molecule has 4 rings (SSSR count). The number of carbonyl (C=O) groups is 2. The van der Waals surface area contributed by atoms with Crippen molar-refractivity contribution >= 4 is 17.7 Å². The summed E-state index contributed by atoms with van der Waals surface area (Å²) >= 11 is 0. The van der Waals surface area contributed by atoms with Crippen LogP contribution in [0.3, 0.4) is 0 Å². The Hall–Kier alpha value is -4.39. The molecule has 0 aliphatic carbocycles. The average molecular weight is 441 g/mol. The molecular formula is C26H24N4O3. The van der Waals surface area contributed by atoms with Gasteiger partial charge in [-0.2, -0.15) is 5.10 Å². The van der Waals surface area contributed by atoms with E-state index in [0.717, 1.165) is 22.4 Å². The predicted molar refractivity (Wildman–Crippen MR) is 127 cm³/mol. The highest BCUT2D eigenvalue weighted by Crippen LogP contribution is 2.25. The maximum atomic E-state index is 13.2. The first-order valence-corrected chi connectivity index (χ1v) is 10.5. The Labute approximate surface area is 192 Å². The van der Waals surface area contributed by atoms with E-state index in [1.165, 1.54) is 7.11 Å². The van der Waals surface area contributed by atoms with Gasteiger partial charge in [0.2, 0.25) is 0 Å². The zero-order valence-corrected chi connectivity index (χ0v) is 18.4. The van der Waals surface area contributed by atoms with Crippen LogP contribution in [-0.4, -0.2) is 28.9 Å². The molecule has 2 N–H and O–H groups in total. The third-order valence-electron chi connectivity index (χ3n) is 5.11. The molecular weight excluding hydrogens is 416 g/mol. The number of benzene rings is 3. The van der Waals surface area contributed by atoms with Gasteiger partial charge in [-0.3, -0.25) is 10.1 Å². The molecule has 0 bridgehead atoms. The Balaban J connectivity index is 1.56. The molecule has 2 amide bonds. The fourth-order valence-corrected chi connectivity index (χ4v) is 3.41. The molecule has 3 aromatic carbocycles. The lowest BCUT2D eigenvalue weighted by molar-refractivity contribution is 0.0951. The number of para-hydroxylation sites is 1. The minimum Gasteiger partial charge on any atom is -0.453 e. The summed E-state index contributed by atoms with van der Waals surface area (Å²) in [4.78, 5) is 24.5. The number of hydrogen-bond donors (Lipinski definition) is 2. The fraction of sp³-hybridized carbons (Fsp3) is 0.115. The molecule has 33 heavy (non-hydrogen) atoms. The van der Waals surface area contributed by atoms with Crippen molar-refractivity contribution in [1.29, 1.82) is 0 Å². The number of ether oxygens (including phenoxy) is 1. The lowest BCUT2D eigenvalue weighted by Gasteiger charge is -2.08. The van der Waals surface area contributed by atoms with Crippen molar-refractivity contribution in [2.24, 2.45) is 0 Å². The topological polar surface area (TPSA) is 85.3 Å². The van der Waals surface area contributed by atoms with Crippen LogP contribution >= 0.6 is 0 Å². The molecule has 4 aromatic rings. The second kappa shape index (κ2) is 9.82. The summed E-state index contributed by atoms with van der Waals surface area (Å²) in [7, 11) is 1.31. The van der Waals surface area contributed by atoms with Crippen LogP contribution in [0.4, 0.5) is 10.5 Å². The van der Waals surface area contributed by atoms with Crippen molar-refractivity contribution in [3.8, 4) is 16.9 Å². The lowest BCUT2D eigenvalue weighted by atomic mass is 10.1. The fourth-order valence-electron chi connectivity index (χ4n) is 3.41. The van der Waals surface area contributed by atoms with E-state index >= 15 is 0 Å². The largest absolute Gasteiger partial charge is 0.453 e. The van der Waals surface area contributed by atoms with E-state index in [1.54, 1.807) is 23.0 Å². The van der Waals surface area contributed by atoms with Gasteiger partial charge in [-0.15, -0.1) is 0 Å². The smallest absolute Gasteiger partial charge is 0.411 e. The predicted octanol–water partition coefficient (Wildman–Crippen LogP) is 4.96. The van der Waals surface area contributed by atoms with Gasteiger partial charge in [0.25, 0.3) is 5.91 Å². The monoisotopic (exact) mass is 440 g/mol. The first kappa shape index (κ1) is 21.8. The molecule has 0 saturated carbocycles. The summed E-state index contributed by atoms with van der Waals surface area (Å²) in [5, 5.41) is 10.3. The normalized spacial score (nSPS) is 10.5. The number of rotatable bonds is 6. The standard InChI is InChI=1S/C26H24N4O3/c1-18-7-6-8-20(15-18)24-23(17-30(29-24)22-9-4-3-5-10-22)25(31)27-16-19-11-13-21(14-12-19)28-26(32)33-2/h3-15,17H,16H2,1-2H3,(H,27,31)(H,28,32). The van der Waals surface area contributed by atoms with Gasteiger partial charge in [0.05, 0.1) is 18.4 Å². The van der Waals surface area contributed by atoms with Crippen LogP contribution in [0.5, 0.6) is 0 Å². The van der Waals surface area contributed by atoms with Crippen molar-refractivity contribution in [3.63, 3.8) is 0 Å². The van der Waals surface area contributed by atoms with Crippen molar-refractivity contribution in [1.82, 2.24) is 15.1 Å². The van der Waals surface area contributed by atoms with Crippen molar-refractivity contribution in [2.45, 2.75) is 13.5 Å². The molecule has 0 aliphatic rings. The highest BCUT2D eigenvalue weighted by atomic mass is 16.5. The van der Waals surface area contributed by atoms with Crippen molar-refractivity contribution in [3.05, 3.63) is 102 Å². The minimum absolute atomic E-state index is 0.217. The maximum Gasteiger partial charge on any atom is 0.411 e. The van der Waals surface area contributed by atoms with Gasteiger partial charge in [-0.1, -0.05) is 54.1 Å². The minimum atomic E-state index is -0.532. The van der Waals surface area contributed by atoms with Gasteiger partial charge in [0, 0.05) is 24.0 Å². The van der Waals surface area contributed by atoms with Gasteiger partial charge in [-0.25, -0.2) is 9.48 Å². The molecule has 1 aromatic heterocycles. The van der Waals surface area contributed by atoms with Crippen LogP contribution in [0, 0.1) is 6.92 Å². The van der Waals surface area contributed by atoms with E-state index < -0.39 is 6.09 Å². The number of nitrogens with zero attached hydrogens (tertiary/aromatic N) is 2. The molecule has 166 valence electrons. The third kappa shape index (κ3) is 5.27. The van der Waals surface area contributed by atoms with Crippen LogP contribution in [-0.2, 0) is 11.3 Å². The van der Waals surface area contributed by atoms with Crippen LogP contribution in [0.2, 0.25) is 0 Å².